The maximum absolute atomic E-state index is 4.37. The minimum atomic E-state index is 0.635. The van der Waals surface area contributed by atoms with E-state index in [1.807, 2.05) is 41.4 Å². The van der Waals surface area contributed by atoms with Crippen LogP contribution < -0.4 is 4.90 Å². The molecule has 0 aliphatic rings. The lowest BCUT2D eigenvalue weighted by molar-refractivity contribution is 1.08. The first kappa shape index (κ1) is 15.4. The van der Waals surface area contributed by atoms with Crippen LogP contribution in [0.15, 0.2) is 77.7 Å². The van der Waals surface area contributed by atoms with E-state index < -0.39 is 0 Å². The average molecular weight is 366 g/mol. The summed E-state index contributed by atoms with van der Waals surface area (Å²) in [4.78, 5) is 10.7. The first-order chi connectivity index (χ1) is 11.2. The van der Waals surface area contributed by atoms with E-state index >= 15 is 0 Å². The molecule has 0 bridgehead atoms. The molecule has 3 nitrogen and oxygen atoms in total. The molecule has 0 unspecified atom stereocenters. The summed E-state index contributed by atoms with van der Waals surface area (Å²) < 4.78 is 1.06. The van der Waals surface area contributed by atoms with Crippen molar-refractivity contribution < 1.29 is 0 Å². The minimum absolute atomic E-state index is 0.635. The minimum Gasteiger partial charge on any atom is -0.286 e. The van der Waals surface area contributed by atoms with Gasteiger partial charge in [-0.3, -0.25) is 4.90 Å². The normalized spacial score (nSPS) is 10.9. The molecule has 2 aromatic carbocycles. The fourth-order valence-corrected chi connectivity index (χ4v) is 2.51. The van der Waals surface area contributed by atoms with Gasteiger partial charge in [0.1, 0.15) is 0 Å². The number of benzene rings is 2. The molecule has 0 saturated carbocycles. The van der Waals surface area contributed by atoms with Gasteiger partial charge in [-0.05, 0) is 42.3 Å². The molecular weight excluding hydrogens is 350 g/mol. The molecule has 3 aromatic rings. The Morgan fingerprint density at radius 3 is 2.39 bits per heavy atom. The first-order valence-corrected chi connectivity index (χ1v) is 8.09. The van der Waals surface area contributed by atoms with Gasteiger partial charge in [0.2, 0.25) is 5.95 Å². The van der Waals surface area contributed by atoms with Gasteiger partial charge in [0.15, 0.2) is 0 Å². The Bertz CT molecular complexity index is 801. The highest BCUT2D eigenvalue weighted by molar-refractivity contribution is 9.10. The highest BCUT2D eigenvalue weighted by Crippen LogP contribution is 2.28. The second-order valence-electron chi connectivity index (χ2n) is 5.08. The number of aryl methyl sites for hydroxylation is 1. The van der Waals surface area contributed by atoms with Crippen LogP contribution in [-0.2, 0) is 0 Å². The lowest BCUT2D eigenvalue weighted by Gasteiger charge is -2.19. The van der Waals surface area contributed by atoms with Gasteiger partial charge >= 0.3 is 0 Å². The van der Waals surface area contributed by atoms with Crippen LogP contribution in [0.4, 0.5) is 11.6 Å². The highest BCUT2D eigenvalue weighted by Gasteiger charge is 2.10. The van der Waals surface area contributed by atoms with Crippen LogP contribution in [0.25, 0.3) is 6.08 Å². The molecule has 1 heterocycles. The number of nitrogens with zero attached hydrogens (tertiary/aromatic N) is 3. The van der Waals surface area contributed by atoms with Gasteiger partial charge in [0, 0.05) is 28.8 Å². The fraction of sp³-hybridized carbons (Fsp3) is 0.0526. The molecule has 0 aliphatic heterocycles. The maximum atomic E-state index is 4.37. The van der Waals surface area contributed by atoms with Gasteiger partial charge in [0.25, 0.3) is 0 Å². The molecule has 0 spiro atoms. The van der Waals surface area contributed by atoms with E-state index in [1.54, 1.807) is 12.4 Å². The smallest absolute Gasteiger partial charge is 0.234 e. The van der Waals surface area contributed by atoms with Crippen molar-refractivity contribution in [2.45, 2.75) is 6.92 Å². The third-order valence-corrected chi connectivity index (χ3v) is 4.27. The van der Waals surface area contributed by atoms with E-state index in [4.69, 9.17) is 0 Å². The van der Waals surface area contributed by atoms with E-state index in [-0.39, 0.29) is 0 Å². The molecule has 0 saturated heterocycles. The highest BCUT2D eigenvalue weighted by atomic mass is 79.9. The Morgan fingerprint density at radius 2 is 1.70 bits per heavy atom. The Balaban J connectivity index is 2.00. The summed E-state index contributed by atoms with van der Waals surface area (Å²) in [5, 5.41) is 0. The molecule has 4 heteroatoms. The SMILES string of the molecule is Cc1ccc(N(/C=C/c2ccccc2)c2ncccn2)cc1Br. The average Bonchev–Trinajstić information content (AvgIpc) is 2.60. The van der Waals surface area contributed by atoms with Crippen LogP contribution in [0.1, 0.15) is 11.1 Å². The van der Waals surface area contributed by atoms with E-state index in [0.29, 0.717) is 5.95 Å². The summed E-state index contributed by atoms with van der Waals surface area (Å²) in [7, 11) is 0. The summed E-state index contributed by atoms with van der Waals surface area (Å²) in [6, 6.07) is 18.2. The van der Waals surface area contributed by atoms with Gasteiger partial charge in [-0.2, -0.15) is 0 Å². The van der Waals surface area contributed by atoms with Crippen molar-refractivity contribution in [1.82, 2.24) is 9.97 Å². The van der Waals surface area contributed by atoms with Crippen molar-refractivity contribution >= 4 is 33.6 Å². The maximum Gasteiger partial charge on any atom is 0.234 e. The van der Waals surface area contributed by atoms with E-state index in [9.17, 15) is 0 Å². The van der Waals surface area contributed by atoms with Crippen LogP contribution in [0.2, 0.25) is 0 Å². The predicted octanol–water partition coefficient (Wildman–Crippen LogP) is 5.36. The lowest BCUT2D eigenvalue weighted by atomic mass is 10.2. The molecule has 0 fully saturated rings. The van der Waals surface area contributed by atoms with Crippen molar-refractivity contribution in [3.63, 3.8) is 0 Å². The summed E-state index contributed by atoms with van der Waals surface area (Å²) in [6.45, 7) is 2.07. The zero-order valence-corrected chi connectivity index (χ0v) is 14.3. The number of aromatic nitrogens is 2. The third-order valence-electron chi connectivity index (χ3n) is 3.42. The van der Waals surface area contributed by atoms with Crippen LogP contribution >= 0.6 is 15.9 Å². The molecule has 0 atom stereocenters. The topological polar surface area (TPSA) is 29.0 Å². The van der Waals surface area contributed by atoms with E-state index in [0.717, 1.165) is 15.7 Å². The van der Waals surface area contributed by atoms with E-state index in [1.165, 1.54) is 5.56 Å². The van der Waals surface area contributed by atoms with Gasteiger partial charge in [-0.15, -0.1) is 0 Å². The fourth-order valence-electron chi connectivity index (χ4n) is 2.14. The standard InChI is InChI=1S/C19H16BrN3/c1-15-8-9-17(14-18(15)20)23(19-21-11-5-12-22-19)13-10-16-6-3-2-4-7-16/h2-14H,1H3/b13-10+. The van der Waals surface area contributed by atoms with Gasteiger partial charge in [0.05, 0.1) is 0 Å². The Kier molecular flexibility index (Phi) is 4.83. The Labute approximate surface area is 144 Å². The summed E-state index contributed by atoms with van der Waals surface area (Å²) >= 11 is 3.59. The third kappa shape index (κ3) is 3.85. The quantitative estimate of drug-likeness (QED) is 0.623. The van der Waals surface area contributed by atoms with Crippen molar-refractivity contribution in [2.75, 3.05) is 4.90 Å². The number of anilines is 2. The zero-order valence-electron chi connectivity index (χ0n) is 12.7. The summed E-state index contributed by atoms with van der Waals surface area (Å²) in [5.74, 6) is 0.635. The van der Waals surface area contributed by atoms with Crippen LogP contribution in [0, 0.1) is 6.92 Å². The Hall–Kier alpha value is -2.46. The second kappa shape index (κ2) is 7.20. The van der Waals surface area contributed by atoms with Gasteiger partial charge in [-0.25, -0.2) is 9.97 Å². The van der Waals surface area contributed by atoms with Crippen molar-refractivity contribution in [3.05, 3.63) is 88.8 Å². The van der Waals surface area contributed by atoms with Gasteiger partial charge < -0.3 is 0 Å². The Morgan fingerprint density at radius 1 is 0.957 bits per heavy atom. The van der Waals surface area contributed by atoms with Gasteiger partial charge in [-0.1, -0.05) is 52.3 Å². The second-order valence-corrected chi connectivity index (χ2v) is 5.93. The van der Waals surface area contributed by atoms with Crippen molar-refractivity contribution in [2.24, 2.45) is 0 Å². The number of hydrogen-bond donors (Lipinski definition) is 0. The van der Waals surface area contributed by atoms with E-state index in [2.05, 4.69) is 63.2 Å². The molecule has 0 aliphatic carbocycles. The van der Waals surface area contributed by atoms with Crippen LogP contribution in [0.5, 0.6) is 0 Å². The number of hydrogen-bond acceptors (Lipinski definition) is 3. The molecule has 0 amide bonds. The monoisotopic (exact) mass is 365 g/mol. The number of rotatable bonds is 4. The predicted molar refractivity (Wildman–Crippen MR) is 98.5 cm³/mol. The van der Waals surface area contributed by atoms with Crippen molar-refractivity contribution in [1.29, 1.82) is 0 Å². The number of halogens is 1. The molecule has 0 N–H and O–H groups in total. The molecule has 3 rings (SSSR count). The summed E-state index contributed by atoms with van der Waals surface area (Å²) in [5.41, 5.74) is 3.31. The lowest BCUT2D eigenvalue weighted by Crippen LogP contribution is -2.11. The molecule has 1 aromatic heterocycles. The molecule has 0 radical (unpaired) electrons. The van der Waals surface area contributed by atoms with Crippen LogP contribution in [-0.4, -0.2) is 9.97 Å². The van der Waals surface area contributed by atoms with Crippen LogP contribution in [0.3, 0.4) is 0 Å². The summed E-state index contributed by atoms with van der Waals surface area (Å²) in [6.07, 6.45) is 7.52. The van der Waals surface area contributed by atoms with Crippen molar-refractivity contribution in [3.8, 4) is 0 Å². The molecule has 23 heavy (non-hydrogen) atoms. The molecule has 114 valence electrons. The zero-order chi connectivity index (χ0) is 16.1. The first-order valence-electron chi connectivity index (χ1n) is 7.30. The molecular formula is C19H16BrN3. The largest absolute Gasteiger partial charge is 0.286 e.